The summed E-state index contributed by atoms with van der Waals surface area (Å²) in [5, 5.41) is 7.76. The monoisotopic (exact) mass is 406 g/mol. The second-order valence-electron chi connectivity index (χ2n) is 7.77. The molecule has 1 N–H and O–H groups in total. The molecule has 3 aromatic rings. The molecule has 2 aliphatic rings. The highest BCUT2D eigenvalue weighted by molar-refractivity contribution is 5.57. The molecule has 3 aromatic heterocycles. The molecular weight excluding hydrogens is 384 g/mol. The Morgan fingerprint density at radius 1 is 1.07 bits per heavy atom. The molecular formula is C21H22N6O3. The number of ether oxygens (including phenoxy) is 1. The van der Waals surface area contributed by atoms with Crippen LogP contribution in [-0.4, -0.2) is 43.6 Å². The lowest BCUT2D eigenvalue weighted by Crippen LogP contribution is -2.39. The molecule has 30 heavy (non-hydrogen) atoms. The number of aromatic nitrogens is 5. The first kappa shape index (κ1) is 18.7. The van der Waals surface area contributed by atoms with Crippen molar-refractivity contribution >= 4 is 5.82 Å². The van der Waals surface area contributed by atoms with E-state index in [1.807, 2.05) is 12.1 Å². The first-order chi connectivity index (χ1) is 14.7. The molecule has 1 saturated heterocycles. The number of hydrogen-bond acceptors (Lipinski definition) is 7. The number of rotatable bonds is 6. The fourth-order valence-electron chi connectivity index (χ4n) is 3.71. The van der Waals surface area contributed by atoms with Gasteiger partial charge in [-0.05, 0) is 37.0 Å². The number of anilines is 1. The van der Waals surface area contributed by atoms with Crippen LogP contribution >= 0.6 is 0 Å². The van der Waals surface area contributed by atoms with Crippen molar-refractivity contribution in [1.29, 1.82) is 0 Å². The summed E-state index contributed by atoms with van der Waals surface area (Å²) in [5.41, 5.74) is 1.17. The maximum absolute atomic E-state index is 12.8. The average molecular weight is 406 g/mol. The Kier molecular flexibility index (Phi) is 4.88. The molecule has 0 aromatic carbocycles. The standard InChI is InChI=1S/C21H22N6O3/c28-19-4-3-16(15-5-7-22-8-6-15)25-27(19)18-13-30-12-17(18)24-20-21(29)26(10-9-23-20)11-14-1-2-14/h3-10,14,17-18H,1-2,11-13H2,(H,23,24). The van der Waals surface area contributed by atoms with Crippen molar-refractivity contribution in [2.24, 2.45) is 5.92 Å². The van der Waals surface area contributed by atoms with Crippen molar-refractivity contribution in [3.05, 3.63) is 69.8 Å². The molecule has 154 valence electrons. The van der Waals surface area contributed by atoms with Gasteiger partial charge in [-0.3, -0.25) is 14.6 Å². The van der Waals surface area contributed by atoms with Crippen molar-refractivity contribution < 1.29 is 4.74 Å². The van der Waals surface area contributed by atoms with E-state index in [0.29, 0.717) is 24.8 Å². The van der Waals surface area contributed by atoms with Gasteiger partial charge in [0.2, 0.25) is 0 Å². The Labute approximate surface area is 172 Å². The minimum absolute atomic E-state index is 0.152. The summed E-state index contributed by atoms with van der Waals surface area (Å²) in [6, 6.07) is 6.24. The van der Waals surface area contributed by atoms with Gasteiger partial charge in [-0.2, -0.15) is 5.10 Å². The highest BCUT2D eigenvalue weighted by atomic mass is 16.5. The summed E-state index contributed by atoms with van der Waals surface area (Å²) >= 11 is 0. The molecule has 9 nitrogen and oxygen atoms in total. The minimum atomic E-state index is -0.349. The number of hydrogen-bond donors (Lipinski definition) is 1. The maximum atomic E-state index is 12.8. The maximum Gasteiger partial charge on any atom is 0.293 e. The molecule has 2 unspecified atom stereocenters. The summed E-state index contributed by atoms with van der Waals surface area (Å²) < 4.78 is 8.77. The fraction of sp³-hybridized carbons (Fsp3) is 0.381. The van der Waals surface area contributed by atoms with Crippen LogP contribution in [0.1, 0.15) is 18.9 Å². The molecule has 9 heteroatoms. The normalized spacial score (nSPS) is 20.9. The lowest BCUT2D eigenvalue weighted by molar-refractivity contribution is 0.183. The molecule has 0 bridgehead atoms. The van der Waals surface area contributed by atoms with E-state index in [2.05, 4.69) is 20.4 Å². The van der Waals surface area contributed by atoms with Crippen LogP contribution in [0.4, 0.5) is 5.82 Å². The van der Waals surface area contributed by atoms with Gasteiger partial charge in [-0.15, -0.1) is 0 Å². The predicted octanol–water partition coefficient (Wildman–Crippen LogP) is 1.32. The smallest absolute Gasteiger partial charge is 0.293 e. The molecule has 5 rings (SSSR count). The van der Waals surface area contributed by atoms with Gasteiger partial charge in [-0.1, -0.05) is 0 Å². The Bertz CT molecular complexity index is 1160. The summed E-state index contributed by atoms with van der Waals surface area (Å²) in [6.07, 6.45) is 9.05. The fourth-order valence-corrected chi connectivity index (χ4v) is 3.71. The van der Waals surface area contributed by atoms with Gasteiger partial charge in [0, 0.05) is 43.0 Å². The van der Waals surface area contributed by atoms with Gasteiger partial charge in [0.15, 0.2) is 5.82 Å². The number of nitrogens with one attached hydrogen (secondary N) is 1. The SMILES string of the molecule is O=c1c(NC2COCC2n2nc(-c3ccncc3)ccc2=O)nccn1CC1CC1. The Balaban J connectivity index is 1.42. The second kappa shape index (κ2) is 7.83. The Hall–Kier alpha value is -3.33. The summed E-state index contributed by atoms with van der Waals surface area (Å²) in [5.74, 6) is 0.858. The number of nitrogens with zero attached hydrogens (tertiary/aromatic N) is 5. The molecule has 1 saturated carbocycles. The first-order valence-electron chi connectivity index (χ1n) is 10.1. The third-order valence-corrected chi connectivity index (χ3v) is 5.55. The Morgan fingerprint density at radius 3 is 2.70 bits per heavy atom. The van der Waals surface area contributed by atoms with Crippen LogP contribution in [0.15, 0.2) is 58.6 Å². The lowest BCUT2D eigenvalue weighted by atomic mass is 10.1. The molecule has 1 aliphatic heterocycles. The molecule has 4 heterocycles. The molecule has 0 amide bonds. The Morgan fingerprint density at radius 2 is 1.90 bits per heavy atom. The highest BCUT2D eigenvalue weighted by Gasteiger charge is 2.32. The van der Waals surface area contributed by atoms with Gasteiger partial charge < -0.3 is 14.6 Å². The van der Waals surface area contributed by atoms with E-state index >= 15 is 0 Å². The van der Waals surface area contributed by atoms with Crippen molar-refractivity contribution in [3.8, 4) is 11.3 Å². The zero-order chi connectivity index (χ0) is 20.5. The highest BCUT2D eigenvalue weighted by Crippen LogP contribution is 2.30. The third-order valence-electron chi connectivity index (χ3n) is 5.55. The van der Waals surface area contributed by atoms with Crippen LogP contribution in [0.25, 0.3) is 11.3 Å². The quantitative estimate of drug-likeness (QED) is 0.658. The summed E-state index contributed by atoms with van der Waals surface area (Å²) in [7, 11) is 0. The molecule has 0 radical (unpaired) electrons. The molecule has 2 atom stereocenters. The minimum Gasteiger partial charge on any atom is -0.377 e. The third kappa shape index (κ3) is 3.76. The van der Waals surface area contributed by atoms with Crippen molar-refractivity contribution in [3.63, 3.8) is 0 Å². The lowest BCUT2D eigenvalue weighted by Gasteiger charge is -2.21. The van der Waals surface area contributed by atoms with Gasteiger partial charge in [-0.25, -0.2) is 9.67 Å². The summed E-state index contributed by atoms with van der Waals surface area (Å²) in [6.45, 7) is 1.40. The van der Waals surface area contributed by atoms with E-state index in [1.165, 1.54) is 23.6 Å². The largest absolute Gasteiger partial charge is 0.377 e. The molecule has 1 aliphatic carbocycles. The van der Waals surface area contributed by atoms with Gasteiger partial charge in [0.25, 0.3) is 11.1 Å². The van der Waals surface area contributed by atoms with Crippen molar-refractivity contribution in [2.75, 3.05) is 18.5 Å². The second-order valence-corrected chi connectivity index (χ2v) is 7.77. The van der Waals surface area contributed by atoms with Gasteiger partial charge in [0.05, 0.1) is 24.9 Å². The summed E-state index contributed by atoms with van der Waals surface area (Å²) in [4.78, 5) is 33.6. The van der Waals surface area contributed by atoms with E-state index in [4.69, 9.17) is 4.74 Å². The van der Waals surface area contributed by atoms with Crippen LogP contribution in [0.2, 0.25) is 0 Å². The van der Waals surface area contributed by atoms with Crippen LogP contribution in [0.5, 0.6) is 0 Å². The van der Waals surface area contributed by atoms with E-state index in [0.717, 1.165) is 12.1 Å². The first-order valence-corrected chi connectivity index (χ1v) is 10.1. The van der Waals surface area contributed by atoms with E-state index < -0.39 is 0 Å². The van der Waals surface area contributed by atoms with Crippen LogP contribution < -0.4 is 16.4 Å². The van der Waals surface area contributed by atoms with Gasteiger partial charge in [0.1, 0.15) is 6.04 Å². The molecule has 0 spiro atoms. The van der Waals surface area contributed by atoms with E-state index in [1.54, 1.807) is 35.4 Å². The number of pyridine rings is 1. The van der Waals surface area contributed by atoms with E-state index in [-0.39, 0.29) is 29.0 Å². The van der Waals surface area contributed by atoms with E-state index in [9.17, 15) is 9.59 Å². The zero-order valence-corrected chi connectivity index (χ0v) is 16.3. The van der Waals surface area contributed by atoms with Crippen LogP contribution in [0.3, 0.4) is 0 Å². The average Bonchev–Trinajstić information content (AvgIpc) is 3.47. The van der Waals surface area contributed by atoms with Crippen LogP contribution in [-0.2, 0) is 11.3 Å². The van der Waals surface area contributed by atoms with Crippen molar-refractivity contribution in [1.82, 2.24) is 24.3 Å². The van der Waals surface area contributed by atoms with Crippen molar-refractivity contribution in [2.45, 2.75) is 31.5 Å². The van der Waals surface area contributed by atoms with Crippen LogP contribution in [0, 0.1) is 5.92 Å². The predicted molar refractivity (Wildman–Crippen MR) is 110 cm³/mol. The molecule has 2 fully saturated rings. The zero-order valence-electron chi connectivity index (χ0n) is 16.3. The van der Waals surface area contributed by atoms with Gasteiger partial charge >= 0.3 is 0 Å². The topological polar surface area (TPSA) is 104 Å².